The summed E-state index contributed by atoms with van der Waals surface area (Å²) in [6, 6.07) is 7.30. The van der Waals surface area contributed by atoms with Gasteiger partial charge in [-0.1, -0.05) is 5.24 Å². The van der Waals surface area contributed by atoms with Crippen molar-refractivity contribution in [2.45, 2.75) is 48.6 Å². The van der Waals surface area contributed by atoms with Crippen molar-refractivity contribution in [2.75, 3.05) is 7.11 Å². The normalized spacial score (nSPS) is 18.1. The molecule has 12 radical (unpaired) electrons. The second-order valence-corrected chi connectivity index (χ2v) is 11.9. The fourth-order valence-corrected chi connectivity index (χ4v) is 6.61. The van der Waals surface area contributed by atoms with E-state index in [9.17, 15) is 4.79 Å². The first kappa shape index (κ1) is 29.9. The summed E-state index contributed by atoms with van der Waals surface area (Å²) in [6.07, 6.45) is 4.90. The van der Waals surface area contributed by atoms with Gasteiger partial charge in [-0.15, -0.1) is 0 Å². The number of benzene rings is 1. The Morgan fingerprint density at radius 3 is 2.56 bits per heavy atom. The number of amides is 1. The van der Waals surface area contributed by atoms with Gasteiger partial charge in [0, 0.05) is 59.2 Å². The number of aryl methyl sites for hydroxylation is 1. The van der Waals surface area contributed by atoms with Crippen LogP contribution in [0.25, 0.3) is 28.1 Å². The third-order valence-electron chi connectivity index (χ3n) is 7.74. The first-order valence-corrected chi connectivity index (χ1v) is 14.6. The van der Waals surface area contributed by atoms with Gasteiger partial charge in [0.1, 0.15) is 18.1 Å². The number of carbonyl (C=O) groups excluding carboxylic acids is 1. The van der Waals surface area contributed by atoms with Gasteiger partial charge in [-0.2, -0.15) is 16.4 Å². The van der Waals surface area contributed by atoms with Crippen LogP contribution in [-0.4, -0.2) is 102 Å². The van der Waals surface area contributed by atoms with Gasteiger partial charge in [0.15, 0.2) is 5.69 Å². The van der Waals surface area contributed by atoms with E-state index >= 15 is 0 Å². The molecule has 0 spiro atoms. The lowest BCUT2D eigenvalue weighted by molar-refractivity contribution is 0.0420. The summed E-state index contributed by atoms with van der Waals surface area (Å²) in [7, 11) is 39.1. The molecule has 6 rings (SSSR count). The number of aromatic nitrogens is 3. The maximum absolute atomic E-state index is 14.3. The molecule has 3 aromatic heterocycles. The summed E-state index contributed by atoms with van der Waals surface area (Å²) >= 11 is 1.51. The van der Waals surface area contributed by atoms with Gasteiger partial charge in [-0.3, -0.25) is 4.79 Å². The van der Waals surface area contributed by atoms with E-state index < -0.39 is 28.6 Å². The molecule has 4 aromatic rings. The molecule has 1 amide bonds. The first-order chi connectivity index (χ1) is 20.3. The molecular formula is C28H24B6N4O4S. The van der Waals surface area contributed by atoms with E-state index in [-0.39, 0.29) is 12.3 Å². The van der Waals surface area contributed by atoms with Crippen molar-refractivity contribution in [3.63, 3.8) is 0 Å². The summed E-state index contributed by atoms with van der Waals surface area (Å²) in [5, 5.41) is 4.90. The SMILES string of the molecule is [B]C([B])([B])O[C@H]1CC[C@H](N(C(=O)c2nn(-c3ccsc3)c3c2COc2cc(OC)c(-c4ccn(C)c4)cc2-3)C([B])([B])[B])C1. The average Bonchev–Trinajstić information content (AvgIpc) is 3.73. The zero-order valence-electron chi connectivity index (χ0n) is 23.9. The zero-order valence-corrected chi connectivity index (χ0v) is 24.7. The quantitative estimate of drug-likeness (QED) is 0.300. The molecule has 1 aliphatic heterocycles. The summed E-state index contributed by atoms with van der Waals surface area (Å²) in [5.41, 5.74) is 4.80. The third-order valence-corrected chi connectivity index (χ3v) is 8.41. The van der Waals surface area contributed by atoms with Crippen molar-refractivity contribution >= 4 is 64.3 Å². The minimum absolute atomic E-state index is 0.0778. The van der Waals surface area contributed by atoms with Gasteiger partial charge in [0.25, 0.3) is 5.91 Å². The van der Waals surface area contributed by atoms with E-state index in [4.69, 9.17) is 66.4 Å². The highest BCUT2D eigenvalue weighted by Crippen LogP contribution is 2.46. The lowest BCUT2D eigenvalue weighted by Crippen LogP contribution is -2.58. The number of hydrogen-bond acceptors (Lipinski definition) is 6. The van der Waals surface area contributed by atoms with Gasteiger partial charge in [-0.05, 0) is 48.1 Å². The number of hydrogen-bond donors (Lipinski definition) is 0. The van der Waals surface area contributed by atoms with Crippen molar-refractivity contribution in [1.82, 2.24) is 19.2 Å². The zero-order chi connectivity index (χ0) is 30.7. The van der Waals surface area contributed by atoms with E-state index in [0.717, 1.165) is 22.4 Å². The number of carbonyl (C=O) groups is 1. The average molecular weight is 577 g/mol. The molecule has 0 N–H and O–H groups in total. The molecule has 8 nitrogen and oxygen atoms in total. The number of rotatable bonds is 8. The van der Waals surface area contributed by atoms with E-state index in [1.807, 2.05) is 59.0 Å². The first-order valence-electron chi connectivity index (χ1n) is 13.7. The molecule has 204 valence electrons. The molecule has 0 saturated heterocycles. The predicted octanol–water partition coefficient (Wildman–Crippen LogP) is 2.12. The number of methoxy groups -OCH3 is 1. The van der Waals surface area contributed by atoms with Crippen LogP contribution in [0.1, 0.15) is 35.3 Å². The van der Waals surface area contributed by atoms with Crippen LogP contribution < -0.4 is 9.47 Å². The van der Waals surface area contributed by atoms with Gasteiger partial charge in [0.2, 0.25) is 0 Å². The highest BCUT2D eigenvalue weighted by molar-refractivity contribution is 7.08. The fraction of sp³-hybridized carbons (Fsp3) is 0.357. The van der Waals surface area contributed by atoms with E-state index in [1.54, 1.807) is 11.8 Å². The number of nitrogens with zero attached hydrogens (tertiary/aromatic N) is 4. The van der Waals surface area contributed by atoms with E-state index in [2.05, 4.69) is 0 Å². The summed E-state index contributed by atoms with van der Waals surface area (Å²) in [5.74, 6) is 0.726. The molecular weight excluding hydrogens is 553 g/mol. The largest absolute Gasteiger partial charge is 0.496 e. The molecule has 43 heavy (non-hydrogen) atoms. The van der Waals surface area contributed by atoms with Crippen LogP contribution in [0.3, 0.4) is 0 Å². The fourth-order valence-electron chi connectivity index (χ4n) is 5.99. The minimum Gasteiger partial charge on any atom is -0.496 e. The molecule has 0 unspecified atom stereocenters. The standard InChI is InChI=1S/C28H24B6N4O4S/c1-36-7-5-15(12-36)19-10-20-23(11-22(19)40-2)41-13-21-24(35-38(25(20)21)17-6-8-43-14-17)26(39)37(27(29,30)31)16-3-4-18(9-16)42-28(32,33)34/h5-8,10-12,14,16,18H,3-4,9,13H2,1-2H3/t16-,18-/m0/s1. The molecule has 1 aromatic carbocycles. The molecule has 15 heteroatoms. The molecule has 1 fully saturated rings. The highest BCUT2D eigenvalue weighted by atomic mass is 32.1. The van der Waals surface area contributed by atoms with Crippen LogP contribution in [0.5, 0.6) is 11.5 Å². The molecule has 1 aliphatic carbocycles. The minimum atomic E-state index is -2.00. The molecule has 2 atom stereocenters. The smallest absolute Gasteiger partial charge is 0.273 e. The van der Waals surface area contributed by atoms with Crippen molar-refractivity contribution in [1.29, 1.82) is 0 Å². The Labute approximate surface area is 262 Å². The van der Waals surface area contributed by atoms with E-state index in [1.165, 1.54) is 16.2 Å². The van der Waals surface area contributed by atoms with Gasteiger partial charge in [-0.25, -0.2) is 4.68 Å². The topological polar surface area (TPSA) is 70.8 Å². The van der Waals surface area contributed by atoms with Crippen LogP contribution in [0.15, 0.2) is 47.4 Å². The molecule has 4 heterocycles. The van der Waals surface area contributed by atoms with Crippen LogP contribution in [0.4, 0.5) is 0 Å². The van der Waals surface area contributed by atoms with Crippen LogP contribution >= 0.6 is 11.3 Å². The monoisotopic (exact) mass is 578 g/mol. The molecule has 0 bridgehead atoms. The summed E-state index contributed by atoms with van der Waals surface area (Å²) in [6.45, 7) is 0.0778. The highest BCUT2D eigenvalue weighted by Gasteiger charge is 2.41. The number of thiophene rings is 1. The van der Waals surface area contributed by atoms with Crippen molar-refractivity contribution < 1.29 is 19.0 Å². The lowest BCUT2D eigenvalue weighted by Gasteiger charge is -2.42. The Morgan fingerprint density at radius 1 is 1.14 bits per heavy atom. The second-order valence-electron chi connectivity index (χ2n) is 11.1. The Balaban J connectivity index is 1.47. The van der Waals surface area contributed by atoms with Crippen LogP contribution in [0.2, 0.25) is 0 Å². The van der Waals surface area contributed by atoms with Gasteiger partial charge >= 0.3 is 0 Å². The summed E-state index contributed by atoms with van der Waals surface area (Å²) < 4.78 is 21.2. The maximum atomic E-state index is 14.3. The molecule has 2 aliphatic rings. The van der Waals surface area contributed by atoms with Crippen LogP contribution in [-0.2, 0) is 18.4 Å². The number of ether oxygens (including phenoxy) is 3. The molecule has 1 saturated carbocycles. The van der Waals surface area contributed by atoms with Gasteiger partial charge in [0.05, 0.1) is 71.7 Å². The van der Waals surface area contributed by atoms with Crippen LogP contribution in [0, 0.1) is 0 Å². The second kappa shape index (κ2) is 11.1. The lowest BCUT2D eigenvalue weighted by atomic mass is 9.48. The number of fused-ring (bicyclic) bond motifs is 3. The Bertz CT molecular complexity index is 1660. The van der Waals surface area contributed by atoms with Gasteiger partial charge < -0.3 is 23.7 Å². The predicted molar refractivity (Wildman–Crippen MR) is 171 cm³/mol. The van der Waals surface area contributed by atoms with Crippen molar-refractivity contribution in [3.8, 4) is 39.6 Å². The van der Waals surface area contributed by atoms with Crippen molar-refractivity contribution in [2.24, 2.45) is 7.05 Å². The Morgan fingerprint density at radius 2 is 1.93 bits per heavy atom. The Hall–Kier alpha value is -3.17. The Kier molecular flexibility index (Phi) is 7.70. The summed E-state index contributed by atoms with van der Waals surface area (Å²) in [4.78, 5) is 15.6. The maximum Gasteiger partial charge on any atom is 0.273 e. The third kappa shape index (κ3) is 5.74. The van der Waals surface area contributed by atoms with Crippen molar-refractivity contribution in [3.05, 3.63) is 58.7 Å². The van der Waals surface area contributed by atoms with E-state index in [0.29, 0.717) is 42.0 Å².